The second-order valence-electron chi connectivity index (χ2n) is 7.69. The number of hydrogen-bond donors (Lipinski definition) is 2. The van der Waals surface area contributed by atoms with Crippen LogP contribution in [0.1, 0.15) is 33.6 Å². The largest absolute Gasteiger partial charge is 0.466 e. The number of halogens is 1. The zero-order valence-corrected chi connectivity index (χ0v) is 17.4. The van der Waals surface area contributed by atoms with Gasteiger partial charge in [0.1, 0.15) is 11.6 Å². The van der Waals surface area contributed by atoms with Gasteiger partial charge in [-0.15, -0.1) is 0 Å². The van der Waals surface area contributed by atoms with Crippen molar-refractivity contribution in [2.45, 2.75) is 62.2 Å². The minimum Gasteiger partial charge on any atom is -0.466 e. The Kier molecular flexibility index (Phi) is 5.84. The quantitative estimate of drug-likeness (QED) is 0.427. The summed E-state index contributed by atoms with van der Waals surface area (Å²) < 4.78 is 11.4. The van der Waals surface area contributed by atoms with E-state index in [1.54, 1.807) is 6.92 Å². The van der Waals surface area contributed by atoms with Crippen molar-refractivity contribution in [3.05, 3.63) is 0 Å². The van der Waals surface area contributed by atoms with E-state index in [-0.39, 0.29) is 42.4 Å². The second-order valence-corrected chi connectivity index (χ2v) is 8.86. The molecule has 0 radical (unpaired) electrons. The molecule has 0 aliphatic carbocycles. The van der Waals surface area contributed by atoms with Gasteiger partial charge in [-0.25, -0.2) is 0 Å². The number of aliphatic hydroxyl groups excluding tert-OH is 1. The van der Waals surface area contributed by atoms with Crippen LogP contribution in [0.4, 0.5) is 0 Å². The third-order valence-corrected chi connectivity index (χ3v) is 6.43. The van der Waals surface area contributed by atoms with E-state index in [2.05, 4.69) is 21.2 Å². The number of nitrogens with one attached hydrogen (secondary N) is 1. The van der Waals surface area contributed by atoms with E-state index in [0.717, 1.165) is 0 Å². The molecule has 9 heteroatoms. The first-order valence-corrected chi connectivity index (χ1v) is 10.4. The van der Waals surface area contributed by atoms with E-state index >= 15 is 0 Å². The molecule has 3 fully saturated rings. The van der Waals surface area contributed by atoms with Crippen molar-refractivity contribution in [1.29, 1.82) is 0 Å². The summed E-state index contributed by atoms with van der Waals surface area (Å²) in [5.41, 5.74) is -1.05. The molecule has 0 aromatic carbocycles. The van der Waals surface area contributed by atoms with E-state index in [4.69, 9.17) is 9.47 Å². The summed E-state index contributed by atoms with van der Waals surface area (Å²) in [6, 6.07) is -0.921. The fourth-order valence-corrected chi connectivity index (χ4v) is 5.73. The Morgan fingerprint density at radius 3 is 2.78 bits per heavy atom. The van der Waals surface area contributed by atoms with Crippen LogP contribution in [0.5, 0.6) is 0 Å². The molecular formula is C18H27BrN2O6. The number of ether oxygens (including phenoxy) is 2. The van der Waals surface area contributed by atoms with Crippen LogP contribution in [-0.2, 0) is 23.9 Å². The van der Waals surface area contributed by atoms with Crippen molar-refractivity contribution < 1.29 is 29.0 Å². The highest BCUT2D eigenvalue weighted by Gasteiger charge is 2.76. The molecule has 3 aliphatic rings. The zero-order chi connectivity index (χ0) is 19.9. The molecule has 152 valence electrons. The van der Waals surface area contributed by atoms with Crippen molar-refractivity contribution in [3.8, 4) is 0 Å². The van der Waals surface area contributed by atoms with Crippen LogP contribution in [0.25, 0.3) is 0 Å². The van der Waals surface area contributed by atoms with Gasteiger partial charge in [-0.05, 0) is 33.6 Å². The molecule has 2 bridgehead atoms. The number of esters is 1. The summed E-state index contributed by atoms with van der Waals surface area (Å²) >= 11 is 3.57. The van der Waals surface area contributed by atoms with E-state index in [9.17, 15) is 19.5 Å². The van der Waals surface area contributed by atoms with Gasteiger partial charge in [-0.1, -0.05) is 15.9 Å². The lowest BCUT2D eigenvalue weighted by Gasteiger charge is -2.34. The lowest BCUT2D eigenvalue weighted by atomic mass is 9.70. The standard InChI is InChI=1S/C18H27BrN2O6/c1-4-26-17(25)11-12-16(24)21(6-5-7-22)14(15(23)20-9(2)3)18(12)8-10(19)13(11)27-18/h9-14,22H,4-8H2,1-3H3,(H,20,23)/t10?,11-,12-,13-,14?,18?/m0/s1. The van der Waals surface area contributed by atoms with Crippen LogP contribution in [0.2, 0.25) is 0 Å². The molecule has 2 N–H and O–H groups in total. The maximum absolute atomic E-state index is 13.3. The van der Waals surface area contributed by atoms with Gasteiger partial charge in [0.15, 0.2) is 0 Å². The van der Waals surface area contributed by atoms with Gasteiger partial charge in [0, 0.05) is 24.0 Å². The third-order valence-electron chi connectivity index (χ3n) is 5.58. The first-order chi connectivity index (χ1) is 12.8. The average molecular weight is 447 g/mol. The van der Waals surface area contributed by atoms with E-state index < -0.39 is 35.6 Å². The average Bonchev–Trinajstić information content (AvgIpc) is 3.16. The molecule has 1 spiro atoms. The molecule has 8 nitrogen and oxygen atoms in total. The number of likely N-dealkylation sites (tertiary alicyclic amines) is 1. The molecule has 3 aliphatic heterocycles. The first kappa shape index (κ1) is 20.5. The number of alkyl halides is 1. The van der Waals surface area contributed by atoms with Gasteiger partial charge in [0.05, 0.1) is 24.5 Å². The molecule has 3 heterocycles. The molecule has 3 rings (SSSR count). The minimum absolute atomic E-state index is 0.0914. The molecule has 3 unspecified atom stereocenters. The van der Waals surface area contributed by atoms with Crippen molar-refractivity contribution in [2.24, 2.45) is 11.8 Å². The van der Waals surface area contributed by atoms with Crippen molar-refractivity contribution in [1.82, 2.24) is 10.2 Å². The Bertz CT molecular complexity index is 629. The molecule has 27 heavy (non-hydrogen) atoms. The van der Waals surface area contributed by atoms with Crippen molar-refractivity contribution in [3.63, 3.8) is 0 Å². The van der Waals surface area contributed by atoms with Crippen LogP contribution in [-0.4, -0.2) is 76.2 Å². The summed E-state index contributed by atoms with van der Waals surface area (Å²) in [5.74, 6) is -2.49. The number of rotatable bonds is 7. The van der Waals surface area contributed by atoms with Crippen LogP contribution < -0.4 is 5.32 Å². The first-order valence-electron chi connectivity index (χ1n) is 9.48. The highest BCUT2D eigenvalue weighted by Crippen LogP contribution is 2.60. The van der Waals surface area contributed by atoms with Gasteiger partial charge in [0.2, 0.25) is 11.8 Å². The molecule has 3 saturated heterocycles. The second kappa shape index (κ2) is 7.67. The predicted molar refractivity (Wildman–Crippen MR) is 99.0 cm³/mol. The van der Waals surface area contributed by atoms with Gasteiger partial charge in [0.25, 0.3) is 0 Å². The Hall–Kier alpha value is -1.19. The summed E-state index contributed by atoms with van der Waals surface area (Å²) in [7, 11) is 0. The predicted octanol–water partition coefficient (Wildman–Crippen LogP) is 0.205. The van der Waals surface area contributed by atoms with Gasteiger partial charge < -0.3 is 24.8 Å². The van der Waals surface area contributed by atoms with Crippen LogP contribution in [0.3, 0.4) is 0 Å². The van der Waals surface area contributed by atoms with Gasteiger partial charge in [-0.2, -0.15) is 0 Å². The topological polar surface area (TPSA) is 105 Å². The van der Waals surface area contributed by atoms with Crippen molar-refractivity contribution in [2.75, 3.05) is 19.8 Å². The van der Waals surface area contributed by atoms with Crippen molar-refractivity contribution >= 4 is 33.7 Å². The van der Waals surface area contributed by atoms with Crippen LogP contribution >= 0.6 is 15.9 Å². The Morgan fingerprint density at radius 1 is 1.48 bits per heavy atom. The fourth-order valence-electron chi connectivity index (χ4n) is 4.78. The third kappa shape index (κ3) is 3.17. The van der Waals surface area contributed by atoms with Crippen LogP contribution in [0.15, 0.2) is 0 Å². The Morgan fingerprint density at radius 2 is 2.19 bits per heavy atom. The molecule has 6 atom stereocenters. The summed E-state index contributed by atoms with van der Waals surface area (Å²) in [5, 5.41) is 12.1. The van der Waals surface area contributed by atoms with E-state index in [0.29, 0.717) is 12.8 Å². The monoisotopic (exact) mass is 446 g/mol. The number of fused-ring (bicyclic) bond motifs is 1. The summed E-state index contributed by atoms with van der Waals surface area (Å²) in [6.45, 7) is 5.78. The van der Waals surface area contributed by atoms with Crippen LogP contribution in [0, 0.1) is 11.8 Å². The SMILES string of the molecule is CCOC(=O)[C@H]1[C@H]2C(=O)N(CCCO)C(C(=O)NC(C)C)C23CC(Br)[C@@H]1O3. The Balaban J connectivity index is 2.00. The highest BCUT2D eigenvalue weighted by molar-refractivity contribution is 9.09. The maximum atomic E-state index is 13.3. The normalized spacial score (nSPS) is 37.0. The smallest absolute Gasteiger partial charge is 0.312 e. The molecular weight excluding hydrogens is 420 g/mol. The number of carbonyl (C=O) groups is 3. The fraction of sp³-hybridized carbons (Fsp3) is 0.833. The minimum atomic E-state index is -1.05. The Labute approximate surface area is 167 Å². The summed E-state index contributed by atoms with van der Waals surface area (Å²) in [6.07, 6.45) is 0.327. The van der Waals surface area contributed by atoms with Gasteiger partial charge >= 0.3 is 5.97 Å². The lowest BCUT2D eigenvalue weighted by Crippen LogP contribution is -2.56. The highest BCUT2D eigenvalue weighted by atomic mass is 79.9. The molecule has 0 aromatic rings. The lowest BCUT2D eigenvalue weighted by molar-refractivity contribution is -0.154. The molecule has 2 amide bonds. The van der Waals surface area contributed by atoms with E-state index in [1.165, 1.54) is 4.90 Å². The maximum Gasteiger partial charge on any atom is 0.312 e. The number of carbonyl (C=O) groups excluding carboxylic acids is 3. The summed E-state index contributed by atoms with van der Waals surface area (Å²) in [4.78, 5) is 40.2. The molecule has 0 saturated carbocycles. The number of amides is 2. The van der Waals surface area contributed by atoms with Gasteiger partial charge in [-0.3, -0.25) is 14.4 Å². The number of aliphatic hydroxyl groups is 1. The molecule has 0 aromatic heterocycles. The number of hydrogen-bond acceptors (Lipinski definition) is 6. The van der Waals surface area contributed by atoms with E-state index in [1.807, 2.05) is 13.8 Å². The number of nitrogens with zero attached hydrogens (tertiary/aromatic N) is 1. The zero-order valence-electron chi connectivity index (χ0n) is 15.8.